The van der Waals surface area contributed by atoms with Gasteiger partial charge in [-0.2, -0.15) is 0 Å². The molecule has 0 radical (unpaired) electrons. The summed E-state index contributed by atoms with van der Waals surface area (Å²) in [5, 5.41) is 8.98. The number of hydrogen-bond donors (Lipinski definition) is 4. The fourth-order valence-electron chi connectivity index (χ4n) is 7.72. The second-order valence-electron chi connectivity index (χ2n) is 15.9. The van der Waals surface area contributed by atoms with Crippen molar-refractivity contribution in [2.24, 2.45) is 11.8 Å². The van der Waals surface area contributed by atoms with E-state index in [4.69, 9.17) is 9.72 Å². The zero-order chi connectivity index (χ0) is 40.6. The van der Waals surface area contributed by atoms with Crippen LogP contribution in [0.2, 0.25) is 0 Å². The van der Waals surface area contributed by atoms with E-state index in [9.17, 15) is 19.2 Å². The summed E-state index contributed by atoms with van der Waals surface area (Å²) < 4.78 is 6.01. The molecule has 1 aliphatic heterocycles. The minimum Gasteiger partial charge on any atom is -0.494 e. The van der Waals surface area contributed by atoms with Crippen molar-refractivity contribution in [3.05, 3.63) is 132 Å². The summed E-state index contributed by atoms with van der Waals surface area (Å²) >= 11 is 0. The predicted octanol–water partition coefficient (Wildman–Crippen LogP) is 7.61. The molecule has 11 nitrogen and oxygen atoms in total. The first kappa shape index (κ1) is 39.6. The van der Waals surface area contributed by atoms with Crippen molar-refractivity contribution in [1.82, 2.24) is 30.8 Å². The van der Waals surface area contributed by atoms with Crippen LogP contribution in [0.5, 0.6) is 5.75 Å². The molecule has 0 spiro atoms. The van der Waals surface area contributed by atoms with Crippen LogP contribution in [0.15, 0.2) is 115 Å². The van der Waals surface area contributed by atoms with E-state index >= 15 is 0 Å². The zero-order valence-electron chi connectivity index (χ0n) is 33.3. The van der Waals surface area contributed by atoms with Gasteiger partial charge in [-0.05, 0) is 97.7 Å². The Morgan fingerprint density at radius 2 is 1.25 bits per heavy atom. The fourth-order valence-corrected chi connectivity index (χ4v) is 7.72. The fraction of sp³-hybridized carbons (Fsp3) is 0.354. The number of carbonyl (C=O) groups excluding carboxylic acids is 4. The van der Waals surface area contributed by atoms with Gasteiger partial charge in [0.2, 0.25) is 23.6 Å². The number of benzene rings is 4. The first-order chi connectivity index (χ1) is 28.9. The highest BCUT2D eigenvalue weighted by Crippen LogP contribution is 2.36. The third-order valence-corrected chi connectivity index (χ3v) is 11.5. The van der Waals surface area contributed by atoms with Gasteiger partial charge < -0.3 is 30.6 Å². The van der Waals surface area contributed by atoms with E-state index in [1.165, 1.54) is 0 Å². The molecular formula is C48H52N6O5. The second-order valence-corrected chi connectivity index (χ2v) is 15.9. The molecule has 0 bridgehead atoms. The summed E-state index contributed by atoms with van der Waals surface area (Å²) in [5.41, 5.74) is 5.61. The first-order valence-corrected chi connectivity index (χ1v) is 21.1. The standard InChI is InChI=1S/C48H52N6O5/c55-45(37-20-21-37)52-42(35-11-4-1-5-12-35)47(57)49-28-8-3-9-30-59-39-26-24-33(25-27-39)32-16-18-34(19-17-32)40-31-50-44(51-40)41-15-10-29-54(41)48(58)43(36-13-6-2-7-14-36)53-46(56)38-22-23-38/h1-2,4-7,11-14,16-19,24-27,31,37-38,41-43H,3,8-10,15,20-23,28-30H2,(H,49,57)(H,50,51)(H,52,55)(H,53,56). The molecule has 3 unspecified atom stereocenters. The van der Waals surface area contributed by atoms with Crippen molar-refractivity contribution in [3.8, 4) is 28.1 Å². The van der Waals surface area contributed by atoms with E-state index in [1.807, 2.05) is 83.9 Å². The van der Waals surface area contributed by atoms with Crippen LogP contribution in [0.4, 0.5) is 0 Å². The Kier molecular flexibility index (Phi) is 12.5. The predicted molar refractivity (Wildman–Crippen MR) is 226 cm³/mol. The van der Waals surface area contributed by atoms with Crippen molar-refractivity contribution in [2.75, 3.05) is 19.7 Å². The second kappa shape index (κ2) is 18.6. The van der Waals surface area contributed by atoms with E-state index in [0.29, 0.717) is 19.7 Å². The van der Waals surface area contributed by atoms with Crippen LogP contribution in [-0.4, -0.2) is 58.2 Å². The molecule has 4 amide bonds. The minimum absolute atomic E-state index is 0.00682. The summed E-state index contributed by atoms with van der Waals surface area (Å²) in [6, 6.07) is 33.7. The lowest BCUT2D eigenvalue weighted by molar-refractivity contribution is -0.137. The first-order valence-electron chi connectivity index (χ1n) is 21.1. The summed E-state index contributed by atoms with van der Waals surface area (Å²) in [7, 11) is 0. The average molecular weight is 793 g/mol. The number of amides is 4. The number of nitrogens with zero attached hydrogens (tertiary/aromatic N) is 2. The third-order valence-electron chi connectivity index (χ3n) is 11.5. The smallest absolute Gasteiger partial charge is 0.250 e. The number of nitrogens with one attached hydrogen (secondary N) is 4. The summed E-state index contributed by atoms with van der Waals surface area (Å²) in [6.07, 6.45) is 9.60. The number of hydrogen-bond acceptors (Lipinski definition) is 6. The number of imidazole rings is 1. The normalized spacial score (nSPS) is 17.2. The summed E-state index contributed by atoms with van der Waals surface area (Å²) in [4.78, 5) is 62.3. The van der Waals surface area contributed by atoms with Crippen molar-refractivity contribution < 1.29 is 23.9 Å². The van der Waals surface area contributed by atoms with Gasteiger partial charge in [-0.25, -0.2) is 4.98 Å². The number of aromatic nitrogens is 2. The molecule has 8 rings (SSSR count). The van der Waals surface area contributed by atoms with E-state index in [2.05, 4.69) is 57.3 Å². The Labute approximate surface area is 345 Å². The SMILES string of the molecule is O=C(NC(C(=O)NCCCCCOc1ccc(-c2ccc(-c3cnc(C4CCCN4C(=O)C(NC(=O)C4CC4)c4ccccc4)[nH]3)cc2)cc1)c1ccccc1)C1CC1. The van der Waals surface area contributed by atoms with Crippen LogP contribution in [0.1, 0.15) is 92.9 Å². The molecule has 4 N–H and O–H groups in total. The highest BCUT2D eigenvalue weighted by atomic mass is 16.5. The van der Waals surface area contributed by atoms with Gasteiger partial charge in [-0.15, -0.1) is 0 Å². The molecule has 304 valence electrons. The molecule has 2 aliphatic carbocycles. The average Bonchev–Trinajstić information content (AvgIpc) is 4.21. The molecule has 1 aromatic heterocycles. The van der Waals surface area contributed by atoms with E-state index < -0.39 is 12.1 Å². The van der Waals surface area contributed by atoms with Gasteiger partial charge in [0.25, 0.3) is 0 Å². The topological polar surface area (TPSA) is 146 Å². The van der Waals surface area contributed by atoms with Gasteiger partial charge in [-0.3, -0.25) is 19.2 Å². The van der Waals surface area contributed by atoms with Gasteiger partial charge in [0.1, 0.15) is 23.7 Å². The largest absolute Gasteiger partial charge is 0.494 e. The lowest BCUT2D eigenvalue weighted by Crippen LogP contribution is -2.43. The van der Waals surface area contributed by atoms with Crippen LogP contribution >= 0.6 is 0 Å². The Morgan fingerprint density at radius 3 is 1.88 bits per heavy atom. The number of aromatic amines is 1. The number of likely N-dealkylation sites (tertiary alicyclic amines) is 1. The van der Waals surface area contributed by atoms with E-state index in [0.717, 1.165) is 103 Å². The maximum atomic E-state index is 14.0. The van der Waals surface area contributed by atoms with E-state index in [1.54, 1.807) is 0 Å². The molecule has 1 saturated heterocycles. The van der Waals surface area contributed by atoms with Crippen LogP contribution < -0.4 is 20.7 Å². The Hall–Kier alpha value is -6.23. The molecule has 5 aromatic rings. The molecule has 11 heteroatoms. The van der Waals surface area contributed by atoms with Gasteiger partial charge in [0, 0.05) is 24.9 Å². The van der Waals surface area contributed by atoms with Crippen molar-refractivity contribution in [3.63, 3.8) is 0 Å². The number of H-pyrrole nitrogens is 1. The zero-order valence-corrected chi connectivity index (χ0v) is 33.3. The lowest BCUT2D eigenvalue weighted by Gasteiger charge is -2.28. The maximum Gasteiger partial charge on any atom is 0.250 e. The Balaban J connectivity index is 0.792. The third kappa shape index (κ3) is 10.1. The highest BCUT2D eigenvalue weighted by Gasteiger charge is 2.39. The molecule has 3 atom stereocenters. The van der Waals surface area contributed by atoms with E-state index in [-0.39, 0.29) is 41.5 Å². The van der Waals surface area contributed by atoms with Gasteiger partial charge in [-0.1, -0.05) is 97.1 Å². The molecule has 4 aromatic carbocycles. The molecule has 2 heterocycles. The van der Waals surface area contributed by atoms with Gasteiger partial charge in [0.05, 0.1) is 24.5 Å². The Morgan fingerprint density at radius 1 is 0.678 bits per heavy atom. The van der Waals surface area contributed by atoms with Crippen molar-refractivity contribution in [1.29, 1.82) is 0 Å². The molecular weight excluding hydrogens is 741 g/mol. The lowest BCUT2D eigenvalue weighted by atomic mass is 10.0. The number of unbranched alkanes of at least 4 members (excludes halogenated alkanes) is 2. The van der Waals surface area contributed by atoms with Crippen molar-refractivity contribution in [2.45, 2.75) is 75.9 Å². The van der Waals surface area contributed by atoms with Gasteiger partial charge in [0.15, 0.2) is 0 Å². The van der Waals surface area contributed by atoms with Crippen LogP contribution in [0.3, 0.4) is 0 Å². The molecule has 3 fully saturated rings. The van der Waals surface area contributed by atoms with Crippen LogP contribution in [0.25, 0.3) is 22.4 Å². The number of rotatable bonds is 18. The van der Waals surface area contributed by atoms with Crippen molar-refractivity contribution >= 4 is 23.6 Å². The minimum atomic E-state index is -0.723. The van der Waals surface area contributed by atoms with Gasteiger partial charge >= 0.3 is 0 Å². The summed E-state index contributed by atoms with van der Waals surface area (Å²) in [5.74, 6) is 1.21. The number of carbonyl (C=O) groups is 4. The maximum absolute atomic E-state index is 14.0. The quantitative estimate of drug-likeness (QED) is 0.0673. The van der Waals surface area contributed by atoms with Crippen LogP contribution in [0, 0.1) is 11.8 Å². The number of ether oxygens (including phenoxy) is 1. The monoisotopic (exact) mass is 792 g/mol. The Bertz CT molecular complexity index is 2200. The summed E-state index contributed by atoms with van der Waals surface area (Å²) in [6.45, 7) is 1.73. The molecule has 59 heavy (non-hydrogen) atoms. The highest BCUT2D eigenvalue weighted by molar-refractivity contribution is 5.91. The van der Waals surface area contributed by atoms with Crippen LogP contribution in [-0.2, 0) is 19.2 Å². The molecule has 2 saturated carbocycles. The molecule has 3 aliphatic rings.